The zero-order chi connectivity index (χ0) is 21.6. The van der Waals surface area contributed by atoms with E-state index in [9.17, 15) is 0 Å². The van der Waals surface area contributed by atoms with Gasteiger partial charge in [-0.2, -0.15) is 0 Å². The third-order valence-corrected chi connectivity index (χ3v) is 6.71. The van der Waals surface area contributed by atoms with Crippen LogP contribution in [0.1, 0.15) is 89.2 Å². The monoisotopic (exact) mass is 528 g/mol. The predicted molar refractivity (Wildman–Crippen MR) is 140 cm³/mol. The summed E-state index contributed by atoms with van der Waals surface area (Å²) in [5.74, 6) is 0. The Morgan fingerprint density at radius 3 is 1.37 bits per heavy atom. The van der Waals surface area contributed by atoms with Crippen LogP contribution in [0.5, 0.6) is 0 Å². The van der Waals surface area contributed by atoms with E-state index >= 15 is 0 Å². The van der Waals surface area contributed by atoms with Crippen LogP contribution in [0.15, 0.2) is 68.9 Å². The lowest BCUT2D eigenvalue weighted by atomic mass is 9.98. The molecule has 0 fully saturated rings. The summed E-state index contributed by atoms with van der Waals surface area (Å²) in [4.78, 5) is 0. The lowest BCUT2D eigenvalue weighted by Gasteiger charge is -2.08. The third-order valence-electron chi connectivity index (χ3n) is 5.32. The highest BCUT2D eigenvalue weighted by atomic mass is 79.9. The second kappa shape index (κ2) is 14.7. The van der Waals surface area contributed by atoms with Gasteiger partial charge in [0.1, 0.15) is 0 Å². The Hall–Kier alpha value is -1.30. The Kier molecular flexibility index (Phi) is 12.2. The minimum Gasteiger partial charge on any atom is -0.0658 e. The van der Waals surface area contributed by atoms with E-state index in [0.29, 0.717) is 0 Å². The van der Waals surface area contributed by atoms with Gasteiger partial charge in [-0.25, -0.2) is 0 Å². The van der Waals surface area contributed by atoms with Gasteiger partial charge in [-0.05, 0) is 37.8 Å². The Labute approximate surface area is 200 Å². The Morgan fingerprint density at radius 1 is 0.600 bits per heavy atom. The fourth-order valence-electron chi connectivity index (χ4n) is 3.55. The topological polar surface area (TPSA) is 0 Å². The fourth-order valence-corrected chi connectivity index (χ4v) is 4.60. The highest BCUT2D eigenvalue weighted by Gasteiger charge is 2.07. The molecule has 160 valence electrons. The summed E-state index contributed by atoms with van der Waals surface area (Å²) in [7, 11) is 0. The number of unbranched alkanes of at least 4 members (excludes halogenated alkanes) is 6. The van der Waals surface area contributed by atoms with Crippen molar-refractivity contribution in [2.24, 2.45) is 0 Å². The van der Waals surface area contributed by atoms with Crippen molar-refractivity contribution in [2.45, 2.75) is 78.1 Å². The minimum absolute atomic E-state index is 1.04. The molecule has 0 N–H and O–H groups in total. The van der Waals surface area contributed by atoms with Crippen LogP contribution < -0.4 is 0 Å². The summed E-state index contributed by atoms with van der Waals surface area (Å²) >= 11 is 7.48. The van der Waals surface area contributed by atoms with E-state index in [-0.39, 0.29) is 0 Å². The molecule has 0 bridgehead atoms. The number of rotatable bonds is 12. The van der Waals surface area contributed by atoms with Crippen molar-refractivity contribution in [3.63, 3.8) is 0 Å². The molecule has 0 saturated heterocycles. The number of halogens is 2. The lowest BCUT2D eigenvalue weighted by Crippen LogP contribution is -1.88. The van der Waals surface area contributed by atoms with Crippen LogP contribution in [0.25, 0.3) is 11.1 Å². The molecule has 2 rings (SSSR count). The van der Waals surface area contributed by atoms with Crippen LogP contribution in [0.3, 0.4) is 0 Å². The van der Waals surface area contributed by atoms with Gasteiger partial charge < -0.3 is 0 Å². The van der Waals surface area contributed by atoms with Gasteiger partial charge in [0.05, 0.1) is 0 Å². The molecule has 0 aliphatic carbocycles. The van der Waals surface area contributed by atoms with E-state index in [1.54, 1.807) is 0 Å². The van der Waals surface area contributed by atoms with E-state index < -0.39 is 0 Å². The SMILES string of the molecule is CCCCCCC(=C=C=C(CCCCCC)c1ccccc1Br)c1ccccc1Br. The molecule has 2 aromatic carbocycles. The molecule has 0 radical (unpaired) electrons. The smallest absolute Gasteiger partial charge is 0.0256 e. The van der Waals surface area contributed by atoms with Crippen LogP contribution in [0.2, 0.25) is 0 Å². The van der Waals surface area contributed by atoms with Crippen molar-refractivity contribution in [1.82, 2.24) is 0 Å². The maximum atomic E-state index is 3.74. The van der Waals surface area contributed by atoms with E-state index in [4.69, 9.17) is 0 Å². The van der Waals surface area contributed by atoms with Crippen molar-refractivity contribution >= 4 is 43.0 Å². The van der Waals surface area contributed by atoms with Crippen LogP contribution in [-0.2, 0) is 0 Å². The van der Waals surface area contributed by atoms with Gasteiger partial charge in [0.25, 0.3) is 0 Å². The average Bonchev–Trinajstić information content (AvgIpc) is 2.76. The van der Waals surface area contributed by atoms with Gasteiger partial charge in [-0.15, -0.1) is 0 Å². The highest BCUT2D eigenvalue weighted by molar-refractivity contribution is 9.10. The van der Waals surface area contributed by atoms with Crippen molar-refractivity contribution in [2.75, 3.05) is 0 Å². The van der Waals surface area contributed by atoms with Gasteiger partial charge in [0, 0.05) is 31.2 Å². The molecule has 2 heteroatoms. The molecular weight excluding hydrogens is 496 g/mol. The molecule has 0 unspecified atom stereocenters. The summed E-state index contributed by atoms with van der Waals surface area (Å²) in [6, 6.07) is 17.0. The Morgan fingerprint density at radius 2 is 1.00 bits per heavy atom. The Balaban J connectivity index is 2.47. The zero-order valence-electron chi connectivity index (χ0n) is 18.4. The first-order valence-electron chi connectivity index (χ1n) is 11.4. The first-order chi connectivity index (χ1) is 14.7. The van der Waals surface area contributed by atoms with Crippen LogP contribution >= 0.6 is 31.9 Å². The molecule has 0 nitrogen and oxygen atoms in total. The molecule has 30 heavy (non-hydrogen) atoms. The summed E-state index contributed by atoms with van der Waals surface area (Å²) in [6.07, 6.45) is 12.1. The van der Waals surface area contributed by atoms with Crippen LogP contribution in [-0.4, -0.2) is 0 Å². The van der Waals surface area contributed by atoms with Crippen LogP contribution in [0, 0.1) is 0 Å². The number of benzene rings is 2. The zero-order valence-corrected chi connectivity index (χ0v) is 21.6. The maximum absolute atomic E-state index is 3.74. The number of allylic oxidation sites excluding steroid dienone is 2. The first-order valence-corrected chi connectivity index (χ1v) is 13.0. The van der Waals surface area contributed by atoms with Gasteiger partial charge >= 0.3 is 0 Å². The Bertz CT molecular complexity index is 808. The van der Waals surface area contributed by atoms with E-state index in [2.05, 4.69) is 106 Å². The van der Waals surface area contributed by atoms with E-state index in [0.717, 1.165) is 21.8 Å². The second-order valence-corrected chi connectivity index (χ2v) is 9.50. The quantitative estimate of drug-likeness (QED) is 0.189. The lowest BCUT2D eigenvalue weighted by molar-refractivity contribution is 0.678. The second-order valence-electron chi connectivity index (χ2n) is 7.79. The van der Waals surface area contributed by atoms with E-state index in [1.807, 2.05) is 0 Å². The summed E-state index contributed by atoms with van der Waals surface area (Å²) < 4.78 is 2.27. The van der Waals surface area contributed by atoms with Gasteiger partial charge in [0.2, 0.25) is 0 Å². The maximum Gasteiger partial charge on any atom is 0.0256 e. The molecule has 0 heterocycles. The molecule has 0 saturated carbocycles. The van der Waals surface area contributed by atoms with Crippen molar-refractivity contribution in [1.29, 1.82) is 0 Å². The van der Waals surface area contributed by atoms with Crippen molar-refractivity contribution in [3.8, 4) is 0 Å². The number of hydrogen-bond donors (Lipinski definition) is 0. The van der Waals surface area contributed by atoms with Gasteiger partial charge in [-0.3, -0.25) is 0 Å². The molecule has 0 aromatic heterocycles. The fraction of sp³-hybridized carbons (Fsp3) is 0.429. The molecule has 0 atom stereocenters. The van der Waals surface area contributed by atoms with Crippen molar-refractivity contribution in [3.05, 3.63) is 80.1 Å². The number of hydrogen-bond acceptors (Lipinski definition) is 0. The van der Waals surface area contributed by atoms with Gasteiger partial charge in [-0.1, -0.05) is 132 Å². The minimum atomic E-state index is 1.04. The summed E-state index contributed by atoms with van der Waals surface area (Å²) in [5, 5.41) is 0. The normalized spacial score (nSPS) is 10.4. The van der Waals surface area contributed by atoms with Crippen LogP contribution in [0.4, 0.5) is 0 Å². The third kappa shape index (κ3) is 8.44. The highest BCUT2D eigenvalue weighted by Crippen LogP contribution is 2.30. The van der Waals surface area contributed by atoms with E-state index in [1.165, 1.54) is 73.6 Å². The molecule has 0 amide bonds. The molecule has 0 aliphatic heterocycles. The predicted octanol–water partition coefficient (Wildman–Crippen LogP) is 10.4. The molecule has 0 aliphatic rings. The summed E-state index contributed by atoms with van der Waals surface area (Å²) in [5.41, 5.74) is 12.2. The summed E-state index contributed by atoms with van der Waals surface area (Å²) in [6.45, 7) is 4.52. The van der Waals surface area contributed by atoms with Crippen molar-refractivity contribution < 1.29 is 0 Å². The first kappa shape index (κ1) is 25.0. The van der Waals surface area contributed by atoms with Gasteiger partial charge in [0.15, 0.2) is 0 Å². The molecular formula is C28H34Br2. The molecule has 0 spiro atoms. The average molecular weight is 530 g/mol. The standard InChI is InChI=1S/C28H34Br2/c1-3-5-7-9-15-23(25-17-11-13-19-27(25)29)21-22-24(16-10-8-6-4-2)26-18-12-14-20-28(26)30/h11-14,17-20H,3-10,15-16H2,1-2H3. The largest absolute Gasteiger partial charge is 0.0658 e. The molecule has 2 aromatic rings.